The molecule has 5 nitrogen and oxygen atoms in total. The molecule has 0 aliphatic carbocycles. The Morgan fingerprint density at radius 2 is 1.77 bits per heavy atom. The molecule has 0 atom stereocenters. The Balaban J connectivity index is 4.33. The van der Waals surface area contributed by atoms with Gasteiger partial charge in [-0.3, -0.25) is 4.84 Å². The smallest absolute Gasteiger partial charge is 0.298 e. The summed E-state index contributed by atoms with van der Waals surface area (Å²) in [7, 11) is 1.72. The van der Waals surface area contributed by atoms with E-state index in [9.17, 15) is 4.79 Å². The first kappa shape index (κ1) is 21.6. The van der Waals surface area contributed by atoms with E-state index in [0.29, 0.717) is 0 Å². The van der Waals surface area contributed by atoms with E-state index in [1.165, 1.54) is 16.4 Å². The van der Waals surface area contributed by atoms with Crippen molar-refractivity contribution in [3.63, 3.8) is 0 Å². The average molecular weight is 350 g/mol. The van der Waals surface area contributed by atoms with Crippen LogP contribution in [-0.2, 0) is 4.84 Å². The van der Waals surface area contributed by atoms with Crippen LogP contribution in [0.3, 0.4) is 0 Å². The highest BCUT2D eigenvalue weighted by molar-refractivity contribution is 8.00. The lowest BCUT2D eigenvalue weighted by molar-refractivity contribution is 0.136. The maximum absolute atomic E-state index is 11.9. The molecule has 0 aromatic heterocycles. The Kier molecular flexibility index (Phi) is 11.9. The van der Waals surface area contributed by atoms with E-state index in [4.69, 9.17) is 4.84 Å². The van der Waals surface area contributed by atoms with Crippen molar-refractivity contribution in [1.29, 1.82) is 0 Å². The number of nitrogens with zero attached hydrogens (tertiary/aromatic N) is 3. The molecule has 0 aromatic carbocycles. The van der Waals surface area contributed by atoms with E-state index < -0.39 is 6.09 Å². The van der Waals surface area contributed by atoms with Gasteiger partial charge in [-0.05, 0) is 32.9 Å². The zero-order chi connectivity index (χ0) is 17.0. The summed E-state index contributed by atoms with van der Waals surface area (Å²) in [5, 5.41) is 3.80. The summed E-state index contributed by atoms with van der Waals surface area (Å²) < 4.78 is 3.57. The number of amides is 1. The maximum atomic E-state index is 11.9. The van der Waals surface area contributed by atoms with Crippen molar-refractivity contribution in [3.8, 4) is 0 Å². The summed E-state index contributed by atoms with van der Waals surface area (Å²) in [6, 6.07) is 0. The summed E-state index contributed by atoms with van der Waals surface area (Å²) in [5.41, 5.74) is 0. The molecule has 0 heterocycles. The fraction of sp³-hybridized carbons (Fsp3) is 0.867. The molecule has 0 saturated carbocycles. The Labute approximate surface area is 144 Å². The van der Waals surface area contributed by atoms with Gasteiger partial charge in [0.1, 0.15) is 0 Å². The van der Waals surface area contributed by atoms with Crippen molar-refractivity contribution >= 4 is 36.2 Å². The zero-order valence-electron chi connectivity index (χ0n) is 14.8. The molecule has 0 N–H and O–H groups in total. The van der Waals surface area contributed by atoms with Crippen LogP contribution in [0.1, 0.15) is 53.4 Å². The van der Waals surface area contributed by atoms with Crippen LogP contribution in [-0.4, -0.2) is 52.1 Å². The quantitative estimate of drug-likeness (QED) is 0.235. The number of carbonyl (C=O) groups excluding carboxylic acids is 1. The van der Waals surface area contributed by atoms with E-state index in [0.717, 1.165) is 38.8 Å². The number of oxime groups is 1. The van der Waals surface area contributed by atoms with Crippen LogP contribution in [0.5, 0.6) is 0 Å². The standard InChI is InChI=1S/C15H31N3O2S2/c1-7-9-11-18(12-10-8-2)22-17(5)14(19)20-16-13-15(3,4)21-6/h13H,7-12H2,1-6H3. The Morgan fingerprint density at radius 3 is 2.23 bits per heavy atom. The molecule has 7 heteroatoms. The lowest BCUT2D eigenvalue weighted by Crippen LogP contribution is -2.28. The molecule has 0 fully saturated rings. The van der Waals surface area contributed by atoms with Crippen molar-refractivity contribution in [2.24, 2.45) is 5.16 Å². The molecular formula is C15H31N3O2S2. The topological polar surface area (TPSA) is 45.1 Å². The lowest BCUT2D eigenvalue weighted by Gasteiger charge is -2.24. The molecule has 0 spiro atoms. The first-order chi connectivity index (χ1) is 10.4. The fourth-order valence-corrected chi connectivity index (χ4v) is 2.39. The molecule has 0 saturated heterocycles. The minimum Gasteiger partial charge on any atom is -0.298 e. The normalized spacial score (nSPS) is 12.1. The monoisotopic (exact) mass is 349 g/mol. The number of unbranched alkanes of at least 4 members (excludes halogenated alkanes) is 2. The number of hydrogen-bond donors (Lipinski definition) is 0. The maximum Gasteiger partial charge on any atom is 0.446 e. The van der Waals surface area contributed by atoms with Crippen LogP contribution in [0.15, 0.2) is 5.16 Å². The van der Waals surface area contributed by atoms with Crippen LogP contribution in [0.25, 0.3) is 0 Å². The van der Waals surface area contributed by atoms with Crippen LogP contribution in [0, 0.1) is 0 Å². The van der Waals surface area contributed by atoms with Gasteiger partial charge >= 0.3 is 6.09 Å². The van der Waals surface area contributed by atoms with Gasteiger partial charge in [0, 0.05) is 37.0 Å². The third-order valence-corrected chi connectivity index (χ3v) is 5.19. The Bertz CT molecular complexity index is 331. The predicted octanol–water partition coefficient (Wildman–Crippen LogP) is 4.65. The van der Waals surface area contributed by atoms with Crippen molar-refractivity contribution in [2.45, 2.75) is 58.1 Å². The predicted molar refractivity (Wildman–Crippen MR) is 99.3 cm³/mol. The van der Waals surface area contributed by atoms with Crippen molar-refractivity contribution in [2.75, 3.05) is 26.4 Å². The Morgan fingerprint density at radius 1 is 1.23 bits per heavy atom. The highest BCUT2D eigenvalue weighted by Gasteiger charge is 2.17. The summed E-state index contributed by atoms with van der Waals surface area (Å²) in [4.78, 5) is 16.9. The molecule has 0 aliphatic heterocycles. The van der Waals surface area contributed by atoms with E-state index >= 15 is 0 Å². The second kappa shape index (κ2) is 12.1. The van der Waals surface area contributed by atoms with E-state index in [1.807, 2.05) is 20.1 Å². The number of carbonyl (C=O) groups is 1. The second-order valence-electron chi connectivity index (χ2n) is 5.61. The van der Waals surface area contributed by atoms with Gasteiger partial charge in [0.15, 0.2) is 0 Å². The highest BCUT2D eigenvalue weighted by atomic mass is 32.2. The molecule has 1 amide bonds. The first-order valence-corrected chi connectivity index (χ1v) is 9.79. The largest absolute Gasteiger partial charge is 0.446 e. The minimum absolute atomic E-state index is 0.139. The molecule has 0 bridgehead atoms. The van der Waals surface area contributed by atoms with Gasteiger partial charge in [-0.1, -0.05) is 31.8 Å². The number of rotatable bonds is 11. The van der Waals surface area contributed by atoms with E-state index in [-0.39, 0.29) is 4.75 Å². The van der Waals surface area contributed by atoms with Gasteiger partial charge in [0.05, 0.1) is 6.21 Å². The summed E-state index contributed by atoms with van der Waals surface area (Å²) in [6.07, 6.45) is 7.74. The Hall–Kier alpha value is -0.400. The molecule has 0 aromatic rings. The SMILES string of the molecule is CCCCN(CCCC)SN(C)C(=O)ON=CC(C)(C)SC. The summed E-state index contributed by atoms with van der Waals surface area (Å²) >= 11 is 3.06. The molecular weight excluding hydrogens is 318 g/mol. The lowest BCUT2D eigenvalue weighted by atomic mass is 10.2. The van der Waals surface area contributed by atoms with Crippen LogP contribution < -0.4 is 0 Å². The number of hydrogen-bond acceptors (Lipinski definition) is 6. The third kappa shape index (κ3) is 10.3. The van der Waals surface area contributed by atoms with Crippen LogP contribution in [0.2, 0.25) is 0 Å². The average Bonchev–Trinajstić information content (AvgIpc) is 2.49. The van der Waals surface area contributed by atoms with Crippen LogP contribution in [0.4, 0.5) is 4.79 Å². The molecule has 0 aliphatic rings. The van der Waals surface area contributed by atoms with E-state index in [2.05, 4.69) is 23.3 Å². The van der Waals surface area contributed by atoms with Gasteiger partial charge in [-0.2, -0.15) is 11.8 Å². The summed E-state index contributed by atoms with van der Waals surface area (Å²) in [5.74, 6) is 0. The molecule has 130 valence electrons. The van der Waals surface area contributed by atoms with Gasteiger partial charge in [0.25, 0.3) is 0 Å². The van der Waals surface area contributed by atoms with Gasteiger partial charge in [0.2, 0.25) is 0 Å². The number of thioether (sulfide) groups is 1. The van der Waals surface area contributed by atoms with Crippen molar-refractivity contribution < 1.29 is 9.63 Å². The van der Waals surface area contributed by atoms with Gasteiger partial charge in [-0.25, -0.2) is 13.4 Å². The third-order valence-electron chi connectivity index (χ3n) is 3.04. The first-order valence-electron chi connectivity index (χ1n) is 7.83. The molecule has 0 rings (SSSR count). The fourth-order valence-electron chi connectivity index (χ4n) is 1.38. The van der Waals surface area contributed by atoms with Crippen LogP contribution >= 0.6 is 23.9 Å². The molecule has 0 unspecified atom stereocenters. The molecule has 22 heavy (non-hydrogen) atoms. The highest BCUT2D eigenvalue weighted by Crippen LogP contribution is 2.19. The minimum atomic E-state index is -0.448. The van der Waals surface area contributed by atoms with Gasteiger partial charge < -0.3 is 0 Å². The molecule has 0 radical (unpaired) electrons. The van der Waals surface area contributed by atoms with Crippen molar-refractivity contribution in [1.82, 2.24) is 8.61 Å². The van der Waals surface area contributed by atoms with Crippen molar-refractivity contribution in [3.05, 3.63) is 0 Å². The van der Waals surface area contributed by atoms with E-state index in [1.54, 1.807) is 25.0 Å². The van der Waals surface area contributed by atoms with Gasteiger partial charge in [-0.15, -0.1) is 0 Å². The summed E-state index contributed by atoms with van der Waals surface area (Å²) in [6.45, 7) is 10.3. The second-order valence-corrected chi connectivity index (χ2v) is 8.30. The zero-order valence-corrected chi connectivity index (χ0v) is 16.4.